The van der Waals surface area contributed by atoms with E-state index in [0.717, 1.165) is 0 Å². The normalized spacial score (nSPS) is 10.8. The number of rotatable bonds is 4. The number of aromatic nitrogens is 1. The number of hydrogen-bond donors (Lipinski definition) is 2. The Kier molecular flexibility index (Phi) is 4.85. The third-order valence-corrected chi connectivity index (χ3v) is 2.17. The molecule has 1 amide bonds. The van der Waals surface area contributed by atoms with Crippen molar-refractivity contribution in [3.8, 4) is 0 Å². The zero-order valence-corrected chi connectivity index (χ0v) is 11.8. The molecule has 0 aliphatic carbocycles. The van der Waals surface area contributed by atoms with E-state index in [2.05, 4.69) is 16.9 Å². The number of nitrogens with one attached hydrogen (secondary N) is 1. The minimum Gasteiger partial charge on any atom is -0.478 e. The summed E-state index contributed by atoms with van der Waals surface area (Å²) in [7, 11) is 0. The van der Waals surface area contributed by atoms with Crippen molar-refractivity contribution >= 4 is 17.9 Å². The van der Waals surface area contributed by atoms with Crippen molar-refractivity contribution in [2.75, 3.05) is 5.32 Å². The fourth-order valence-electron chi connectivity index (χ4n) is 1.33. The maximum Gasteiger partial charge on any atom is 0.413 e. The van der Waals surface area contributed by atoms with Crippen LogP contribution in [0.4, 0.5) is 10.6 Å². The van der Waals surface area contributed by atoms with Crippen LogP contribution >= 0.6 is 0 Å². The Balaban J connectivity index is 2.61. The molecule has 0 saturated carbocycles. The van der Waals surface area contributed by atoms with Gasteiger partial charge in [-0.25, -0.2) is 14.6 Å². The van der Waals surface area contributed by atoms with Crippen LogP contribution in [0.2, 0.25) is 0 Å². The predicted octanol–water partition coefficient (Wildman–Crippen LogP) is 2.61. The number of carboxylic acids is 1. The molecule has 0 fully saturated rings. The molecule has 0 bridgehead atoms. The average Bonchev–Trinajstić information content (AvgIpc) is 2.28. The van der Waals surface area contributed by atoms with Gasteiger partial charge in [-0.15, -0.1) is 0 Å². The van der Waals surface area contributed by atoms with Gasteiger partial charge in [-0.2, -0.15) is 0 Å². The summed E-state index contributed by atoms with van der Waals surface area (Å²) < 4.78 is 5.09. The van der Waals surface area contributed by atoms with Gasteiger partial charge in [0.15, 0.2) is 0 Å². The molecular weight excluding hydrogens is 260 g/mol. The Morgan fingerprint density at radius 2 is 2.05 bits per heavy atom. The van der Waals surface area contributed by atoms with Crippen LogP contribution in [0, 0.1) is 0 Å². The van der Waals surface area contributed by atoms with E-state index < -0.39 is 17.7 Å². The van der Waals surface area contributed by atoms with Crippen molar-refractivity contribution in [3.63, 3.8) is 0 Å². The Morgan fingerprint density at radius 1 is 1.40 bits per heavy atom. The Bertz CT molecular complexity index is 515. The number of pyridine rings is 1. The quantitative estimate of drug-likeness (QED) is 0.826. The van der Waals surface area contributed by atoms with Gasteiger partial charge in [0, 0.05) is 18.2 Å². The van der Waals surface area contributed by atoms with Gasteiger partial charge in [0.05, 0.1) is 0 Å². The minimum atomic E-state index is -1.04. The van der Waals surface area contributed by atoms with E-state index in [0.29, 0.717) is 11.4 Å². The third-order valence-electron chi connectivity index (χ3n) is 2.17. The zero-order valence-electron chi connectivity index (χ0n) is 11.8. The smallest absolute Gasteiger partial charge is 0.413 e. The van der Waals surface area contributed by atoms with Gasteiger partial charge >= 0.3 is 12.1 Å². The largest absolute Gasteiger partial charge is 0.478 e. The molecule has 0 radical (unpaired) electrons. The van der Waals surface area contributed by atoms with E-state index in [4.69, 9.17) is 9.84 Å². The summed E-state index contributed by atoms with van der Waals surface area (Å²) in [5.74, 6) is -0.704. The van der Waals surface area contributed by atoms with E-state index in [9.17, 15) is 9.59 Å². The van der Waals surface area contributed by atoms with Gasteiger partial charge in [-0.1, -0.05) is 12.6 Å². The first-order chi connectivity index (χ1) is 9.17. The molecule has 0 spiro atoms. The lowest BCUT2D eigenvalue weighted by atomic mass is 10.1. The SMILES string of the molecule is C=C(Cc1ccc(NC(=O)OC(C)(C)C)nc1)C(=O)O. The highest BCUT2D eigenvalue weighted by molar-refractivity contribution is 5.86. The molecule has 6 nitrogen and oxygen atoms in total. The van der Waals surface area contributed by atoms with Crippen LogP contribution in [0.3, 0.4) is 0 Å². The first-order valence-electron chi connectivity index (χ1n) is 6.03. The highest BCUT2D eigenvalue weighted by Gasteiger charge is 2.16. The molecule has 6 heteroatoms. The summed E-state index contributed by atoms with van der Waals surface area (Å²) in [6.07, 6.45) is 1.10. The Hall–Kier alpha value is -2.37. The molecule has 0 aliphatic heterocycles. The predicted molar refractivity (Wildman–Crippen MR) is 74.6 cm³/mol. The molecule has 0 atom stereocenters. The second-order valence-electron chi connectivity index (χ2n) is 5.26. The molecule has 1 aromatic rings. The number of anilines is 1. The molecule has 1 rings (SSSR count). The number of aliphatic carboxylic acids is 1. The van der Waals surface area contributed by atoms with Crippen molar-refractivity contribution in [3.05, 3.63) is 36.0 Å². The Labute approximate surface area is 117 Å². The second kappa shape index (κ2) is 6.18. The van der Waals surface area contributed by atoms with E-state index in [1.165, 1.54) is 6.20 Å². The second-order valence-corrected chi connectivity index (χ2v) is 5.26. The number of amides is 1. The van der Waals surface area contributed by atoms with E-state index in [1.54, 1.807) is 32.9 Å². The summed E-state index contributed by atoms with van der Waals surface area (Å²) in [5, 5.41) is 11.2. The fraction of sp³-hybridized carbons (Fsp3) is 0.357. The molecule has 1 aromatic heterocycles. The molecule has 0 aromatic carbocycles. The summed E-state index contributed by atoms with van der Waals surface area (Å²) in [6, 6.07) is 3.25. The van der Waals surface area contributed by atoms with Gasteiger partial charge in [0.25, 0.3) is 0 Å². The third kappa shape index (κ3) is 5.51. The lowest BCUT2D eigenvalue weighted by molar-refractivity contribution is -0.132. The minimum absolute atomic E-state index is 0.0830. The lowest BCUT2D eigenvalue weighted by Gasteiger charge is -2.19. The topological polar surface area (TPSA) is 88.5 Å². The number of ether oxygens (including phenoxy) is 1. The van der Waals surface area contributed by atoms with Crippen LogP contribution in [-0.2, 0) is 16.0 Å². The molecule has 108 valence electrons. The summed E-state index contributed by atoms with van der Waals surface area (Å²) in [4.78, 5) is 26.2. The van der Waals surface area contributed by atoms with Crippen molar-refractivity contribution in [1.82, 2.24) is 4.98 Å². The number of hydrogen-bond acceptors (Lipinski definition) is 4. The summed E-state index contributed by atoms with van der Waals surface area (Å²) in [6.45, 7) is 8.74. The van der Waals surface area contributed by atoms with Crippen LogP contribution in [0.1, 0.15) is 26.3 Å². The van der Waals surface area contributed by atoms with Crippen LogP contribution in [0.25, 0.3) is 0 Å². The van der Waals surface area contributed by atoms with Crippen LogP contribution in [0.5, 0.6) is 0 Å². The fourth-order valence-corrected chi connectivity index (χ4v) is 1.33. The first kappa shape index (κ1) is 15.7. The maximum absolute atomic E-state index is 11.5. The van der Waals surface area contributed by atoms with Gasteiger partial charge in [-0.3, -0.25) is 5.32 Å². The first-order valence-corrected chi connectivity index (χ1v) is 6.03. The molecule has 0 aliphatic rings. The Morgan fingerprint density at radius 3 is 2.50 bits per heavy atom. The number of carbonyl (C=O) groups is 2. The molecule has 2 N–H and O–H groups in total. The van der Waals surface area contributed by atoms with E-state index >= 15 is 0 Å². The number of nitrogens with zero attached hydrogens (tertiary/aromatic N) is 1. The van der Waals surface area contributed by atoms with Crippen molar-refractivity contribution < 1.29 is 19.4 Å². The maximum atomic E-state index is 11.5. The highest BCUT2D eigenvalue weighted by Crippen LogP contribution is 2.12. The molecule has 1 heterocycles. The zero-order chi connectivity index (χ0) is 15.3. The van der Waals surface area contributed by atoms with Gasteiger partial charge in [0.1, 0.15) is 11.4 Å². The van der Waals surface area contributed by atoms with Crippen LogP contribution in [0.15, 0.2) is 30.5 Å². The van der Waals surface area contributed by atoms with Crippen LogP contribution < -0.4 is 5.32 Å². The summed E-state index contributed by atoms with van der Waals surface area (Å²) >= 11 is 0. The van der Waals surface area contributed by atoms with Crippen molar-refractivity contribution in [2.45, 2.75) is 32.8 Å². The number of carbonyl (C=O) groups excluding carboxylic acids is 1. The van der Waals surface area contributed by atoms with Crippen molar-refractivity contribution in [1.29, 1.82) is 0 Å². The average molecular weight is 278 g/mol. The highest BCUT2D eigenvalue weighted by atomic mass is 16.6. The van der Waals surface area contributed by atoms with Crippen LogP contribution in [-0.4, -0.2) is 27.8 Å². The van der Waals surface area contributed by atoms with Gasteiger partial charge in [-0.05, 0) is 32.4 Å². The lowest BCUT2D eigenvalue weighted by Crippen LogP contribution is -2.27. The van der Waals surface area contributed by atoms with Crippen molar-refractivity contribution in [2.24, 2.45) is 0 Å². The van der Waals surface area contributed by atoms with E-state index in [1.807, 2.05) is 0 Å². The standard InChI is InChI=1S/C14H18N2O4/c1-9(12(17)18)7-10-5-6-11(15-8-10)16-13(19)20-14(2,3)4/h5-6,8H,1,7H2,2-4H3,(H,17,18)(H,15,16,19). The van der Waals surface area contributed by atoms with E-state index in [-0.39, 0.29) is 12.0 Å². The molecule has 0 saturated heterocycles. The number of carboxylic acid groups (broad SMARTS) is 1. The molecule has 0 unspecified atom stereocenters. The monoisotopic (exact) mass is 278 g/mol. The van der Waals surface area contributed by atoms with Gasteiger partial charge < -0.3 is 9.84 Å². The summed E-state index contributed by atoms with van der Waals surface area (Å²) in [5.41, 5.74) is 0.204. The molecule has 20 heavy (non-hydrogen) atoms. The molecular formula is C14H18N2O4. The van der Waals surface area contributed by atoms with Gasteiger partial charge in [0.2, 0.25) is 0 Å².